The highest BCUT2D eigenvalue weighted by atomic mass is 16.3. The van der Waals surface area contributed by atoms with Gasteiger partial charge in [0.2, 0.25) is 0 Å². The number of nitrogen functional groups attached to an aromatic ring is 1. The third kappa shape index (κ3) is 2.69. The number of hydrogen-bond acceptors (Lipinski definition) is 3. The van der Waals surface area contributed by atoms with E-state index < -0.39 is 0 Å². The van der Waals surface area contributed by atoms with Crippen LogP contribution in [0.1, 0.15) is 31.4 Å². The van der Waals surface area contributed by atoms with Crippen LogP contribution in [0, 0.1) is 5.92 Å². The summed E-state index contributed by atoms with van der Waals surface area (Å²) in [4.78, 5) is 4.30. The minimum absolute atomic E-state index is 0.0812. The lowest BCUT2D eigenvalue weighted by atomic mass is 9.84. The van der Waals surface area contributed by atoms with Crippen molar-refractivity contribution < 1.29 is 5.11 Å². The number of hydrogen-bond donors (Lipinski definition) is 2. The first-order valence-electron chi connectivity index (χ1n) is 5.63. The fourth-order valence-electron chi connectivity index (χ4n) is 2.24. The van der Waals surface area contributed by atoms with Gasteiger partial charge in [0.25, 0.3) is 0 Å². The minimum Gasteiger partial charge on any atom is -0.397 e. The first-order chi connectivity index (χ1) is 7.25. The van der Waals surface area contributed by atoms with Gasteiger partial charge in [-0.1, -0.05) is 0 Å². The number of rotatable bonds is 2. The van der Waals surface area contributed by atoms with Crippen LogP contribution < -0.4 is 5.73 Å². The summed E-state index contributed by atoms with van der Waals surface area (Å²) in [5.41, 5.74) is 7.66. The highest BCUT2D eigenvalue weighted by Crippen LogP contribution is 2.27. The molecular weight excluding hydrogens is 188 g/mol. The van der Waals surface area contributed by atoms with E-state index in [0.29, 0.717) is 5.92 Å². The van der Waals surface area contributed by atoms with Gasteiger partial charge < -0.3 is 10.8 Å². The molecule has 2 rings (SSSR count). The molecule has 0 atom stereocenters. The Kier molecular flexibility index (Phi) is 3.21. The van der Waals surface area contributed by atoms with E-state index in [9.17, 15) is 5.11 Å². The number of aliphatic hydroxyl groups is 1. The predicted molar refractivity (Wildman–Crippen MR) is 60.3 cm³/mol. The maximum atomic E-state index is 9.41. The second-order valence-corrected chi connectivity index (χ2v) is 4.42. The fraction of sp³-hybridized carbons (Fsp3) is 0.583. The molecule has 0 aliphatic heterocycles. The van der Waals surface area contributed by atoms with Crippen molar-refractivity contribution in [3.63, 3.8) is 0 Å². The number of nitrogens with zero attached hydrogens (tertiary/aromatic N) is 1. The Bertz CT molecular complexity index is 319. The van der Waals surface area contributed by atoms with Crippen LogP contribution in [0.2, 0.25) is 0 Å². The van der Waals surface area contributed by atoms with E-state index in [0.717, 1.165) is 43.5 Å². The van der Waals surface area contributed by atoms with Gasteiger partial charge in [-0.15, -0.1) is 0 Å². The number of pyridine rings is 1. The van der Waals surface area contributed by atoms with Gasteiger partial charge in [0.05, 0.1) is 17.5 Å². The van der Waals surface area contributed by atoms with Crippen molar-refractivity contribution in [3.05, 3.63) is 24.0 Å². The molecule has 1 aromatic heterocycles. The van der Waals surface area contributed by atoms with E-state index in [1.807, 2.05) is 12.1 Å². The Hall–Kier alpha value is -1.09. The summed E-state index contributed by atoms with van der Waals surface area (Å²) in [7, 11) is 0. The quantitative estimate of drug-likeness (QED) is 0.775. The Balaban J connectivity index is 1.95. The molecule has 0 unspecified atom stereocenters. The molecule has 3 heteroatoms. The Morgan fingerprint density at radius 1 is 1.33 bits per heavy atom. The van der Waals surface area contributed by atoms with Gasteiger partial charge in [-0.05, 0) is 50.2 Å². The Morgan fingerprint density at radius 3 is 2.73 bits per heavy atom. The van der Waals surface area contributed by atoms with Crippen molar-refractivity contribution in [2.45, 2.75) is 38.2 Å². The minimum atomic E-state index is -0.0812. The number of aromatic nitrogens is 1. The lowest BCUT2D eigenvalue weighted by Gasteiger charge is -2.25. The summed E-state index contributed by atoms with van der Waals surface area (Å²) in [5.74, 6) is 0.644. The van der Waals surface area contributed by atoms with E-state index in [1.165, 1.54) is 0 Å². The van der Waals surface area contributed by atoms with E-state index in [2.05, 4.69) is 4.98 Å². The molecule has 1 saturated carbocycles. The molecule has 0 amide bonds. The first kappa shape index (κ1) is 10.4. The molecule has 0 aromatic carbocycles. The van der Waals surface area contributed by atoms with Crippen molar-refractivity contribution in [2.24, 2.45) is 5.92 Å². The van der Waals surface area contributed by atoms with Crippen LogP contribution in [-0.2, 0) is 6.42 Å². The topological polar surface area (TPSA) is 59.1 Å². The highest BCUT2D eigenvalue weighted by Gasteiger charge is 2.20. The molecule has 15 heavy (non-hydrogen) atoms. The SMILES string of the molecule is Nc1cccnc1CC1CCC(O)CC1. The summed E-state index contributed by atoms with van der Waals surface area (Å²) in [6, 6.07) is 3.77. The molecule has 0 bridgehead atoms. The number of anilines is 1. The van der Waals surface area contributed by atoms with Crippen molar-refractivity contribution in [1.82, 2.24) is 4.98 Å². The molecular formula is C12H18N2O. The molecule has 3 N–H and O–H groups in total. The van der Waals surface area contributed by atoms with Gasteiger partial charge in [-0.2, -0.15) is 0 Å². The van der Waals surface area contributed by atoms with Gasteiger partial charge in [0.1, 0.15) is 0 Å². The van der Waals surface area contributed by atoms with E-state index in [4.69, 9.17) is 5.73 Å². The number of nitrogens with two attached hydrogens (primary N) is 1. The van der Waals surface area contributed by atoms with Crippen LogP contribution >= 0.6 is 0 Å². The van der Waals surface area contributed by atoms with E-state index in [1.54, 1.807) is 6.20 Å². The van der Waals surface area contributed by atoms with Crippen LogP contribution in [0.3, 0.4) is 0 Å². The zero-order valence-corrected chi connectivity index (χ0v) is 8.89. The molecule has 0 spiro atoms. The third-order valence-electron chi connectivity index (χ3n) is 3.22. The molecule has 1 fully saturated rings. The predicted octanol–water partition coefficient (Wildman–Crippen LogP) is 1.76. The largest absolute Gasteiger partial charge is 0.397 e. The van der Waals surface area contributed by atoms with Gasteiger partial charge in [-0.25, -0.2) is 0 Å². The van der Waals surface area contributed by atoms with Gasteiger partial charge in [-0.3, -0.25) is 4.98 Å². The number of aliphatic hydroxyl groups excluding tert-OH is 1. The zero-order chi connectivity index (χ0) is 10.7. The van der Waals surface area contributed by atoms with Crippen molar-refractivity contribution in [2.75, 3.05) is 5.73 Å². The molecule has 82 valence electrons. The lowest BCUT2D eigenvalue weighted by molar-refractivity contribution is 0.108. The molecule has 1 aliphatic carbocycles. The van der Waals surface area contributed by atoms with Gasteiger partial charge in [0.15, 0.2) is 0 Å². The average Bonchev–Trinajstić information content (AvgIpc) is 2.25. The second-order valence-electron chi connectivity index (χ2n) is 4.42. The molecule has 1 aromatic rings. The standard InChI is InChI=1S/C12H18N2O/c13-11-2-1-7-14-12(11)8-9-3-5-10(15)6-4-9/h1-2,7,9-10,15H,3-6,8,13H2. The average molecular weight is 206 g/mol. The lowest BCUT2D eigenvalue weighted by Crippen LogP contribution is -2.20. The van der Waals surface area contributed by atoms with Crippen molar-refractivity contribution >= 4 is 5.69 Å². The fourth-order valence-corrected chi connectivity index (χ4v) is 2.24. The van der Waals surface area contributed by atoms with Crippen LogP contribution in [0.15, 0.2) is 18.3 Å². The summed E-state index contributed by atoms with van der Waals surface area (Å²) < 4.78 is 0. The summed E-state index contributed by atoms with van der Waals surface area (Å²) in [6.07, 6.45) is 6.72. The van der Waals surface area contributed by atoms with Crippen LogP contribution in [0.4, 0.5) is 5.69 Å². The van der Waals surface area contributed by atoms with Crippen LogP contribution in [0.25, 0.3) is 0 Å². The Morgan fingerprint density at radius 2 is 2.07 bits per heavy atom. The van der Waals surface area contributed by atoms with Gasteiger partial charge in [0, 0.05) is 6.20 Å². The smallest absolute Gasteiger partial charge is 0.0635 e. The summed E-state index contributed by atoms with van der Waals surface area (Å²) >= 11 is 0. The first-order valence-corrected chi connectivity index (χ1v) is 5.63. The maximum Gasteiger partial charge on any atom is 0.0635 e. The van der Waals surface area contributed by atoms with Crippen LogP contribution in [0.5, 0.6) is 0 Å². The summed E-state index contributed by atoms with van der Waals surface area (Å²) in [5, 5.41) is 9.41. The Labute approximate surface area is 90.3 Å². The van der Waals surface area contributed by atoms with Gasteiger partial charge >= 0.3 is 0 Å². The maximum absolute atomic E-state index is 9.41. The summed E-state index contributed by atoms with van der Waals surface area (Å²) in [6.45, 7) is 0. The second kappa shape index (κ2) is 4.62. The molecule has 1 heterocycles. The normalized spacial score (nSPS) is 26.5. The zero-order valence-electron chi connectivity index (χ0n) is 8.89. The van der Waals surface area contributed by atoms with Crippen LogP contribution in [-0.4, -0.2) is 16.2 Å². The van der Waals surface area contributed by atoms with E-state index >= 15 is 0 Å². The van der Waals surface area contributed by atoms with Crippen molar-refractivity contribution in [1.29, 1.82) is 0 Å². The molecule has 0 saturated heterocycles. The van der Waals surface area contributed by atoms with Crippen molar-refractivity contribution in [3.8, 4) is 0 Å². The highest BCUT2D eigenvalue weighted by molar-refractivity contribution is 5.42. The third-order valence-corrected chi connectivity index (χ3v) is 3.22. The molecule has 1 aliphatic rings. The van der Waals surface area contributed by atoms with E-state index in [-0.39, 0.29) is 6.10 Å². The molecule has 3 nitrogen and oxygen atoms in total. The molecule has 0 radical (unpaired) electrons. The monoisotopic (exact) mass is 206 g/mol.